The molecule has 2 rings (SSSR count). The fourth-order valence-electron chi connectivity index (χ4n) is 1.71. The van der Waals surface area contributed by atoms with Crippen molar-refractivity contribution in [2.75, 3.05) is 0 Å². The van der Waals surface area contributed by atoms with Crippen LogP contribution in [0.2, 0.25) is 5.02 Å². The van der Waals surface area contributed by atoms with Gasteiger partial charge in [0, 0.05) is 24.5 Å². The van der Waals surface area contributed by atoms with Crippen molar-refractivity contribution in [1.82, 2.24) is 15.1 Å². The van der Waals surface area contributed by atoms with E-state index in [-0.39, 0.29) is 5.56 Å². The number of aryl methyl sites for hydroxylation is 1. The number of aromatic nitrogens is 2. The predicted molar refractivity (Wildman–Crippen MR) is 76.1 cm³/mol. The van der Waals surface area contributed by atoms with Crippen LogP contribution >= 0.6 is 11.6 Å². The molecule has 0 aliphatic heterocycles. The summed E-state index contributed by atoms with van der Waals surface area (Å²) in [6.07, 6.45) is 1.47. The number of rotatable bonds is 4. The molecule has 0 aliphatic carbocycles. The Morgan fingerprint density at radius 3 is 2.67 bits per heavy atom. The molecule has 0 spiro atoms. The molecule has 2 aromatic rings. The molecule has 7 heteroatoms. The van der Waals surface area contributed by atoms with Gasteiger partial charge in [0.1, 0.15) is 5.69 Å². The summed E-state index contributed by atoms with van der Waals surface area (Å²) in [7, 11) is 1.48. The van der Waals surface area contributed by atoms with Gasteiger partial charge >= 0.3 is 0 Å². The van der Waals surface area contributed by atoms with Crippen molar-refractivity contribution in [2.24, 2.45) is 7.05 Å². The van der Waals surface area contributed by atoms with Gasteiger partial charge in [0.15, 0.2) is 0 Å². The summed E-state index contributed by atoms with van der Waals surface area (Å²) in [5.74, 6) is -0.636. The summed E-state index contributed by atoms with van der Waals surface area (Å²) >= 11 is 5.75. The quantitative estimate of drug-likeness (QED) is 0.940. The normalized spacial score (nSPS) is 11.3. The van der Waals surface area contributed by atoms with Crippen LogP contribution in [0.3, 0.4) is 0 Å². The molecule has 0 unspecified atom stereocenters. The molecule has 1 aromatic carbocycles. The van der Waals surface area contributed by atoms with Gasteiger partial charge in [0.05, 0.1) is 5.56 Å². The number of hydrogen-bond donors (Lipinski definition) is 1. The van der Waals surface area contributed by atoms with Gasteiger partial charge in [0.25, 0.3) is 12.3 Å². The van der Waals surface area contributed by atoms with Crippen LogP contribution in [-0.2, 0) is 7.05 Å². The fourth-order valence-corrected chi connectivity index (χ4v) is 1.83. The maximum absolute atomic E-state index is 12.7. The van der Waals surface area contributed by atoms with Gasteiger partial charge in [0.2, 0.25) is 0 Å². The average Bonchev–Trinajstić information content (AvgIpc) is 2.83. The van der Waals surface area contributed by atoms with Crippen LogP contribution in [-0.4, -0.2) is 15.7 Å². The third kappa shape index (κ3) is 3.88. The van der Waals surface area contributed by atoms with Gasteiger partial charge < -0.3 is 5.32 Å². The van der Waals surface area contributed by atoms with E-state index >= 15 is 0 Å². The van der Waals surface area contributed by atoms with Crippen molar-refractivity contribution in [2.45, 2.75) is 6.43 Å². The molecule has 1 N–H and O–H groups in total. The number of carbonyl (C=O) groups excluding carboxylic acids is 1. The lowest BCUT2D eigenvalue weighted by Gasteiger charge is -2.00. The van der Waals surface area contributed by atoms with Crippen LogP contribution in [0.5, 0.6) is 0 Å². The number of hydrogen-bond acceptors (Lipinski definition) is 2. The Bertz CT molecular complexity index is 665. The molecular weight excluding hydrogens is 300 g/mol. The Kier molecular flexibility index (Phi) is 4.70. The molecule has 0 radical (unpaired) electrons. The highest BCUT2D eigenvalue weighted by molar-refractivity contribution is 6.30. The molecule has 4 nitrogen and oxygen atoms in total. The summed E-state index contributed by atoms with van der Waals surface area (Å²) in [6.45, 7) is 0. The minimum Gasteiger partial charge on any atom is -0.328 e. The number of alkyl halides is 2. The number of carbonyl (C=O) groups is 1. The maximum Gasteiger partial charge on any atom is 0.282 e. The lowest BCUT2D eigenvalue weighted by molar-refractivity contribution is 0.0955. The zero-order chi connectivity index (χ0) is 15.4. The summed E-state index contributed by atoms with van der Waals surface area (Å²) in [6, 6.07) is 6.94. The number of amides is 1. The first-order valence-corrected chi connectivity index (χ1v) is 6.40. The molecule has 0 saturated heterocycles. The summed E-state index contributed by atoms with van der Waals surface area (Å²) in [4.78, 5) is 11.9. The fraction of sp³-hybridized carbons (Fsp3) is 0.143. The van der Waals surface area contributed by atoms with E-state index in [9.17, 15) is 13.6 Å². The highest BCUT2D eigenvalue weighted by Gasteiger charge is 2.21. The number of halogens is 3. The van der Waals surface area contributed by atoms with Crippen molar-refractivity contribution in [3.8, 4) is 0 Å². The van der Waals surface area contributed by atoms with Crippen molar-refractivity contribution in [3.05, 3.63) is 58.5 Å². The molecular formula is C14H12ClF2N3O. The van der Waals surface area contributed by atoms with E-state index in [2.05, 4.69) is 10.4 Å². The Morgan fingerprint density at radius 1 is 1.38 bits per heavy atom. The first kappa shape index (κ1) is 15.2. The SMILES string of the molecule is Cn1cc(C(=O)N/C=C\c2ccc(Cl)cc2)c(C(F)F)n1. The van der Waals surface area contributed by atoms with Crippen molar-refractivity contribution in [1.29, 1.82) is 0 Å². The number of benzene rings is 1. The molecule has 0 saturated carbocycles. The molecule has 1 aromatic heterocycles. The topological polar surface area (TPSA) is 46.9 Å². The zero-order valence-corrected chi connectivity index (χ0v) is 11.8. The van der Waals surface area contributed by atoms with E-state index in [4.69, 9.17) is 11.6 Å². The average molecular weight is 312 g/mol. The van der Waals surface area contributed by atoms with E-state index in [1.54, 1.807) is 30.3 Å². The highest BCUT2D eigenvalue weighted by atomic mass is 35.5. The largest absolute Gasteiger partial charge is 0.328 e. The third-order valence-corrected chi connectivity index (χ3v) is 2.92. The second kappa shape index (κ2) is 6.49. The van der Waals surface area contributed by atoms with Crippen molar-refractivity contribution in [3.63, 3.8) is 0 Å². The van der Waals surface area contributed by atoms with E-state index in [1.807, 2.05) is 0 Å². The number of nitrogens with zero attached hydrogens (tertiary/aromatic N) is 2. The van der Waals surface area contributed by atoms with Crippen LogP contribution < -0.4 is 5.32 Å². The van der Waals surface area contributed by atoms with E-state index < -0.39 is 18.0 Å². The standard InChI is InChI=1S/C14H12ClF2N3O/c1-20-8-11(12(19-20)13(16)17)14(21)18-7-6-9-2-4-10(15)5-3-9/h2-8,13H,1H3,(H,18,21)/b7-6-. The first-order chi connectivity index (χ1) is 9.97. The van der Waals surface area contributed by atoms with Gasteiger partial charge in [-0.3, -0.25) is 9.48 Å². The lowest BCUT2D eigenvalue weighted by Crippen LogP contribution is -2.18. The molecule has 0 aliphatic rings. The summed E-state index contributed by atoms with van der Waals surface area (Å²) < 4.78 is 26.7. The maximum atomic E-state index is 12.7. The second-order valence-corrected chi connectivity index (χ2v) is 4.70. The van der Waals surface area contributed by atoms with E-state index in [1.165, 1.54) is 24.1 Å². The Morgan fingerprint density at radius 2 is 2.05 bits per heavy atom. The van der Waals surface area contributed by atoms with Crippen LogP contribution in [0.1, 0.15) is 28.0 Å². The van der Waals surface area contributed by atoms with Crippen LogP contribution in [0.15, 0.2) is 36.7 Å². The minimum atomic E-state index is -2.80. The van der Waals surface area contributed by atoms with Gasteiger partial charge in [-0.05, 0) is 23.8 Å². The Balaban J connectivity index is 2.06. The first-order valence-electron chi connectivity index (χ1n) is 6.02. The smallest absolute Gasteiger partial charge is 0.282 e. The van der Waals surface area contributed by atoms with Crippen molar-refractivity contribution < 1.29 is 13.6 Å². The zero-order valence-electron chi connectivity index (χ0n) is 11.1. The second-order valence-electron chi connectivity index (χ2n) is 4.26. The minimum absolute atomic E-state index is 0.145. The predicted octanol–water partition coefficient (Wildman–Crippen LogP) is 3.41. The monoisotopic (exact) mass is 311 g/mol. The molecule has 0 fully saturated rings. The molecule has 1 amide bonds. The van der Waals surface area contributed by atoms with Gasteiger partial charge in [-0.2, -0.15) is 5.10 Å². The number of nitrogens with one attached hydrogen (secondary N) is 1. The highest BCUT2D eigenvalue weighted by Crippen LogP contribution is 2.20. The van der Waals surface area contributed by atoms with Crippen LogP contribution in [0, 0.1) is 0 Å². The van der Waals surface area contributed by atoms with Gasteiger partial charge in [-0.15, -0.1) is 0 Å². The van der Waals surface area contributed by atoms with Crippen LogP contribution in [0.25, 0.3) is 6.08 Å². The molecule has 0 atom stereocenters. The van der Waals surface area contributed by atoms with Gasteiger partial charge in [-0.1, -0.05) is 23.7 Å². The molecule has 1 heterocycles. The Labute approximate surface area is 125 Å². The third-order valence-electron chi connectivity index (χ3n) is 2.67. The lowest BCUT2D eigenvalue weighted by atomic mass is 10.2. The molecule has 0 bridgehead atoms. The molecule has 21 heavy (non-hydrogen) atoms. The summed E-state index contributed by atoms with van der Waals surface area (Å²) in [5.41, 5.74) is 0.142. The van der Waals surface area contributed by atoms with E-state index in [0.29, 0.717) is 5.02 Å². The summed E-state index contributed by atoms with van der Waals surface area (Å²) in [5, 5.41) is 6.61. The van der Waals surface area contributed by atoms with Crippen LogP contribution in [0.4, 0.5) is 8.78 Å². The van der Waals surface area contributed by atoms with Crippen molar-refractivity contribution >= 4 is 23.6 Å². The molecule has 110 valence electrons. The van der Waals surface area contributed by atoms with Gasteiger partial charge in [-0.25, -0.2) is 8.78 Å². The Hall–Kier alpha value is -2.21. The van der Waals surface area contributed by atoms with E-state index in [0.717, 1.165) is 5.56 Å².